The van der Waals surface area contributed by atoms with Gasteiger partial charge in [-0.3, -0.25) is 10.5 Å². The molecule has 0 amide bonds. The third kappa shape index (κ3) is 3.62. The Bertz CT molecular complexity index is 592. The first-order chi connectivity index (χ1) is 10.0. The summed E-state index contributed by atoms with van der Waals surface area (Å²) in [4.78, 5) is 0. The summed E-state index contributed by atoms with van der Waals surface area (Å²) < 4.78 is 7.58. The fraction of sp³-hybridized carbons (Fsp3) is 0.438. The molecule has 0 saturated carbocycles. The average molecular weight is 288 g/mol. The Morgan fingerprint density at radius 1 is 1.38 bits per heavy atom. The van der Waals surface area contributed by atoms with Crippen LogP contribution in [0.25, 0.3) is 0 Å². The monoisotopic (exact) mass is 288 g/mol. The molecule has 0 aliphatic carbocycles. The summed E-state index contributed by atoms with van der Waals surface area (Å²) in [6.07, 6.45) is 3.03. The second-order valence-electron chi connectivity index (χ2n) is 5.40. The highest BCUT2D eigenvalue weighted by Gasteiger charge is 2.19. The van der Waals surface area contributed by atoms with Gasteiger partial charge in [0.15, 0.2) is 0 Å². The normalized spacial score (nSPS) is 12.7. The smallest absolute Gasteiger partial charge is 0.120 e. The number of nitrogens with one attached hydrogen (secondary N) is 1. The number of nitrogens with two attached hydrogens (primary N) is 1. The molecular weight excluding hydrogens is 264 g/mol. The largest absolute Gasteiger partial charge is 0.491 e. The van der Waals surface area contributed by atoms with Crippen LogP contribution in [-0.4, -0.2) is 15.9 Å². The standard InChI is InChI=1S/C16H24N4O/c1-5-15-14(10-20(4)19-15)16(18-17)12-7-6-8-13(9-12)21-11(2)3/h6-11,16,18H,5,17H2,1-4H3. The lowest BCUT2D eigenvalue weighted by Gasteiger charge is -2.18. The molecule has 0 aliphatic rings. The van der Waals surface area contributed by atoms with E-state index < -0.39 is 0 Å². The van der Waals surface area contributed by atoms with Gasteiger partial charge in [0, 0.05) is 18.8 Å². The fourth-order valence-corrected chi connectivity index (χ4v) is 2.47. The molecule has 0 fully saturated rings. The molecule has 0 bridgehead atoms. The molecular formula is C16H24N4O. The van der Waals surface area contributed by atoms with Gasteiger partial charge in [-0.25, -0.2) is 5.43 Å². The van der Waals surface area contributed by atoms with Crippen molar-refractivity contribution >= 4 is 0 Å². The number of nitrogens with zero attached hydrogens (tertiary/aromatic N) is 2. The fourth-order valence-electron chi connectivity index (χ4n) is 2.47. The quantitative estimate of drug-likeness (QED) is 0.632. The Kier molecular flexibility index (Phi) is 4.98. The molecule has 21 heavy (non-hydrogen) atoms. The highest BCUT2D eigenvalue weighted by molar-refractivity contribution is 5.37. The summed E-state index contributed by atoms with van der Waals surface area (Å²) in [5.74, 6) is 6.64. The van der Waals surface area contributed by atoms with E-state index in [0.717, 1.165) is 29.0 Å². The van der Waals surface area contributed by atoms with Crippen molar-refractivity contribution in [1.82, 2.24) is 15.2 Å². The van der Waals surface area contributed by atoms with E-state index in [-0.39, 0.29) is 12.1 Å². The molecule has 0 aliphatic heterocycles. The number of hydrogen-bond acceptors (Lipinski definition) is 4. The van der Waals surface area contributed by atoms with E-state index in [1.54, 1.807) is 0 Å². The molecule has 1 heterocycles. The van der Waals surface area contributed by atoms with Crippen LogP contribution in [0.3, 0.4) is 0 Å². The summed E-state index contributed by atoms with van der Waals surface area (Å²) in [6, 6.07) is 7.92. The van der Waals surface area contributed by atoms with E-state index in [2.05, 4.69) is 17.4 Å². The predicted molar refractivity (Wildman–Crippen MR) is 84.0 cm³/mol. The zero-order valence-corrected chi connectivity index (χ0v) is 13.1. The Labute approximate surface area is 126 Å². The highest BCUT2D eigenvalue weighted by Crippen LogP contribution is 2.27. The molecule has 5 nitrogen and oxygen atoms in total. The van der Waals surface area contributed by atoms with Crippen LogP contribution in [0.4, 0.5) is 0 Å². The molecule has 1 aromatic heterocycles. The first-order valence-electron chi connectivity index (χ1n) is 7.30. The van der Waals surface area contributed by atoms with E-state index in [1.807, 2.05) is 56.0 Å². The van der Waals surface area contributed by atoms with E-state index in [9.17, 15) is 0 Å². The average Bonchev–Trinajstić information content (AvgIpc) is 2.80. The van der Waals surface area contributed by atoms with Crippen molar-refractivity contribution in [3.63, 3.8) is 0 Å². The number of hydrogen-bond donors (Lipinski definition) is 2. The minimum Gasteiger partial charge on any atom is -0.491 e. The lowest BCUT2D eigenvalue weighted by molar-refractivity contribution is 0.242. The van der Waals surface area contributed by atoms with Crippen LogP contribution in [0.2, 0.25) is 0 Å². The summed E-state index contributed by atoms with van der Waals surface area (Å²) in [6.45, 7) is 6.13. The lowest BCUT2D eigenvalue weighted by Crippen LogP contribution is -2.29. The molecule has 0 saturated heterocycles. The predicted octanol–water partition coefficient (Wildman–Crippen LogP) is 2.32. The summed E-state index contributed by atoms with van der Waals surface area (Å²) in [5.41, 5.74) is 6.11. The van der Waals surface area contributed by atoms with Gasteiger partial charge in [-0.15, -0.1) is 0 Å². The van der Waals surface area contributed by atoms with Crippen LogP contribution in [0, 0.1) is 0 Å². The molecule has 1 unspecified atom stereocenters. The third-order valence-electron chi connectivity index (χ3n) is 3.31. The summed E-state index contributed by atoms with van der Waals surface area (Å²) >= 11 is 0. The number of aromatic nitrogens is 2. The maximum Gasteiger partial charge on any atom is 0.120 e. The highest BCUT2D eigenvalue weighted by atomic mass is 16.5. The Hall–Kier alpha value is -1.85. The second-order valence-corrected chi connectivity index (χ2v) is 5.40. The van der Waals surface area contributed by atoms with Crippen LogP contribution in [0.15, 0.2) is 30.5 Å². The molecule has 2 aromatic rings. The van der Waals surface area contributed by atoms with Gasteiger partial charge in [0.2, 0.25) is 0 Å². The van der Waals surface area contributed by atoms with Crippen LogP contribution in [0.1, 0.15) is 43.6 Å². The topological polar surface area (TPSA) is 65.1 Å². The molecule has 5 heteroatoms. The number of ether oxygens (including phenoxy) is 1. The maximum absolute atomic E-state index is 5.79. The molecule has 0 radical (unpaired) electrons. The maximum atomic E-state index is 5.79. The lowest BCUT2D eigenvalue weighted by atomic mass is 9.99. The molecule has 0 spiro atoms. The summed E-state index contributed by atoms with van der Waals surface area (Å²) in [5, 5.41) is 4.48. The van der Waals surface area contributed by atoms with Crippen LogP contribution in [-0.2, 0) is 13.5 Å². The zero-order chi connectivity index (χ0) is 15.4. The van der Waals surface area contributed by atoms with Gasteiger partial charge < -0.3 is 4.74 Å². The second kappa shape index (κ2) is 6.74. The molecule has 2 rings (SSSR count). The summed E-state index contributed by atoms with van der Waals surface area (Å²) in [7, 11) is 1.93. The minimum absolute atomic E-state index is 0.0932. The number of hydrazine groups is 1. The van der Waals surface area contributed by atoms with Crippen LogP contribution >= 0.6 is 0 Å². The van der Waals surface area contributed by atoms with E-state index >= 15 is 0 Å². The minimum atomic E-state index is -0.0932. The van der Waals surface area contributed by atoms with Gasteiger partial charge in [0.25, 0.3) is 0 Å². The van der Waals surface area contributed by atoms with Crippen molar-refractivity contribution in [1.29, 1.82) is 0 Å². The van der Waals surface area contributed by atoms with Gasteiger partial charge >= 0.3 is 0 Å². The van der Waals surface area contributed by atoms with Crippen molar-refractivity contribution in [3.8, 4) is 5.75 Å². The van der Waals surface area contributed by atoms with Crippen molar-refractivity contribution in [2.24, 2.45) is 12.9 Å². The number of aryl methyl sites for hydroxylation is 2. The molecule has 114 valence electrons. The molecule has 3 N–H and O–H groups in total. The first-order valence-corrected chi connectivity index (χ1v) is 7.30. The Morgan fingerprint density at radius 3 is 2.76 bits per heavy atom. The van der Waals surface area contributed by atoms with Gasteiger partial charge in [0.1, 0.15) is 5.75 Å². The van der Waals surface area contributed by atoms with Gasteiger partial charge in [0.05, 0.1) is 17.8 Å². The van der Waals surface area contributed by atoms with Crippen molar-refractivity contribution in [2.45, 2.75) is 39.3 Å². The molecule has 1 aromatic carbocycles. The van der Waals surface area contributed by atoms with E-state index in [0.29, 0.717) is 0 Å². The van der Waals surface area contributed by atoms with E-state index in [1.165, 1.54) is 0 Å². The number of benzene rings is 1. The van der Waals surface area contributed by atoms with Crippen molar-refractivity contribution < 1.29 is 4.74 Å². The zero-order valence-electron chi connectivity index (χ0n) is 13.1. The van der Waals surface area contributed by atoms with Gasteiger partial charge in [-0.05, 0) is 38.0 Å². The Balaban J connectivity index is 2.36. The van der Waals surface area contributed by atoms with E-state index in [4.69, 9.17) is 10.6 Å². The SMILES string of the molecule is CCc1nn(C)cc1C(NN)c1cccc(OC(C)C)c1. The van der Waals surface area contributed by atoms with Crippen molar-refractivity contribution in [2.75, 3.05) is 0 Å². The molecule has 1 atom stereocenters. The van der Waals surface area contributed by atoms with Gasteiger partial charge in [-0.1, -0.05) is 19.1 Å². The van der Waals surface area contributed by atoms with Crippen molar-refractivity contribution in [3.05, 3.63) is 47.3 Å². The van der Waals surface area contributed by atoms with Gasteiger partial charge in [-0.2, -0.15) is 5.10 Å². The first kappa shape index (κ1) is 15.5. The Morgan fingerprint density at radius 2 is 2.14 bits per heavy atom. The third-order valence-corrected chi connectivity index (χ3v) is 3.31. The number of rotatable bonds is 6. The van der Waals surface area contributed by atoms with Crippen LogP contribution in [0.5, 0.6) is 5.75 Å². The van der Waals surface area contributed by atoms with Crippen LogP contribution < -0.4 is 16.0 Å².